The molecule has 26 heavy (non-hydrogen) atoms. The molecular formula is C20H28N2O3S. The molecule has 3 rings (SSSR count). The summed E-state index contributed by atoms with van der Waals surface area (Å²) in [6, 6.07) is 7.82. The molecule has 1 aromatic rings. The van der Waals surface area contributed by atoms with Gasteiger partial charge in [0, 0.05) is 31.1 Å². The number of aliphatic hydroxyl groups excluding tert-OH is 1. The molecule has 1 aromatic carbocycles. The van der Waals surface area contributed by atoms with Gasteiger partial charge in [-0.25, -0.2) is 0 Å². The van der Waals surface area contributed by atoms with E-state index < -0.39 is 6.10 Å². The SMILES string of the molecule is CN(C(=O)CSc1ccccc1C(=O)N1CC[C@H](O)C1)C1CCCCC1. The number of hydrogen-bond acceptors (Lipinski definition) is 4. The lowest BCUT2D eigenvalue weighted by Gasteiger charge is -2.31. The molecule has 1 aliphatic heterocycles. The molecule has 1 heterocycles. The zero-order valence-electron chi connectivity index (χ0n) is 15.4. The van der Waals surface area contributed by atoms with Crippen molar-refractivity contribution in [2.45, 2.75) is 55.6 Å². The van der Waals surface area contributed by atoms with Crippen molar-refractivity contribution in [2.24, 2.45) is 0 Å². The fraction of sp³-hybridized carbons (Fsp3) is 0.600. The van der Waals surface area contributed by atoms with E-state index in [1.54, 1.807) is 4.90 Å². The number of β-amino-alcohol motifs (C(OH)–C–C–N with tert-alkyl or cyclic N) is 1. The average molecular weight is 377 g/mol. The maximum Gasteiger partial charge on any atom is 0.255 e. The lowest BCUT2D eigenvalue weighted by molar-refractivity contribution is -0.129. The summed E-state index contributed by atoms with van der Waals surface area (Å²) in [6.07, 6.45) is 6.07. The van der Waals surface area contributed by atoms with Crippen LogP contribution in [0.5, 0.6) is 0 Å². The van der Waals surface area contributed by atoms with E-state index in [0.717, 1.165) is 17.7 Å². The van der Waals surface area contributed by atoms with Gasteiger partial charge in [-0.05, 0) is 31.4 Å². The van der Waals surface area contributed by atoms with E-state index in [-0.39, 0.29) is 11.8 Å². The number of likely N-dealkylation sites (tertiary alicyclic amines) is 1. The summed E-state index contributed by atoms with van der Waals surface area (Å²) >= 11 is 1.43. The van der Waals surface area contributed by atoms with Gasteiger partial charge in [0.25, 0.3) is 5.91 Å². The number of rotatable bonds is 5. The predicted octanol–water partition coefficient (Wildman–Crippen LogP) is 2.78. The van der Waals surface area contributed by atoms with Gasteiger partial charge in [-0.15, -0.1) is 11.8 Å². The minimum absolute atomic E-state index is 0.0577. The van der Waals surface area contributed by atoms with E-state index in [2.05, 4.69) is 0 Å². The van der Waals surface area contributed by atoms with Crippen molar-refractivity contribution in [3.8, 4) is 0 Å². The van der Waals surface area contributed by atoms with Crippen molar-refractivity contribution < 1.29 is 14.7 Å². The van der Waals surface area contributed by atoms with Gasteiger partial charge < -0.3 is 14.9 Å². The molecule has 0 bridgehead atoms. The molecule has 142 valence electrons. The molecule has 1 aliphatic carbocycles. The monoisotopic (exact) mass is 376 g/mol. The van der Waals surface area contributed by atoms with Gasteiger partial charge in [-0.3, -0.25) is 9.59 Å². The minimum atomic E-state index is -0.426. The quantitative estimate of drug-likeness (QED) is 0.803. The van der Waals surface area contributed by atoms with E-state index in [1.807, 2.05) is 36.2 Å². The summed E-state index contributed by atoms with van der Waals surface area (Å²) in [6.45, 7) is 0.976. The van der Waals surface area contributed by atoms with Crippen LogP contribution in [0.15, 0.2) is 29.2 Å². The van der Waals surface area contributed by atoms with Crippen LogP contribution < -0.4 is 0 Å². The highest BCUT2D eigenvalue weighted by Crippen LogP contribution is 2.27. The molecule has 0 spiro atoms. The first-order chi connectivity index (χ1) is 12.6. The standard InChI is InChI=1S/C20H28N2O3S/c1-21(15-7-3-2-4-8-15)19(24)14-26-18-10-6-5-9-17(18)20(25)22-12-11-16(23)13-22/h5-6,9-10,15-16,23H,2-4,7-8,11-14H2,1H3/t16-/m0/s1. The summed E-state index contributed by atoms with van der Waals surface area (Å²) < 4.78 is 0. The third-order valence-corrected chi connectivity index (χ3v) is 6.49. The number of amides is 2. The number of nitrogens with zero attached hydrogens (tertiary/aromatic N) is 2. The highest BCUT2D eigenvalue weighted by molar-refractivity contribution is 8.00. The molecule has 1 saturated carbocycles. The number of hydrogen-bond donors (Lipinski definition) is 1. The Morgan fingerprint density at radius 3 is 2.62 bits per heavy atom. The van der Waals surface area contributed by atoms with Crippen LogP contribution in [0.25, 0.3) is 0 Å². The Balaban J connectivity index is 1.61. The molecule has 6 heteroatoms. The van der Waals surface area contributed by atoms with Gasteiger partial charge >= 0.3 is 0 Å². The molecule has 0 radical (unpaired) electrons. The lowest BCUT2D eigenvalue weighted by atomic mass is 9.94. The van der Waals surface area contributed by atoms with Crippen molar-refractivity contribution in [3.05, 3.63) is 29.8 Å². The van der Waals surface area contributed by atoms with E-state index in [9.17, 15) is 14.7 Å². The summed E-state index contributed by atoms with van der Waals surface area (Å²) in [5.41, 5.74) is 0.625. The predicted molar refractivity (Wildman–Crippen MR) is 103 cm³/mol. The van der Waals surface area contributed by atoms with Crippen molar-refractivity contribution in [1.82, 2.24) is 9.80 Å². The normalized spacial score (nSPS) is 21.0. The number of aliphatic hydroxyl groups is 1. The highest BCUT2D eigenvalue weighted by atomic mass is 32.2. The first-order valence-electron chi connectivity index (χ1n) is 9.51. The Labute approximate surface area is 159 Å². The molecule has 2 aliphatic rings. The van der Waals surface area contributed by atoms with Crippen molar-refractivity contribution >= 4 is 23.6 Å². The average Bonchev–Trinajstić information content (AvgIpc) is 3.12. The van der Waals surface area contributed by atoms with Gasteiger partial charge in [0.15, 0.2) is 0 Å². The van der Waals surface area contributed by atoms with Crippen molar-refractivity contribution in [2.75, 3.05) is 25.9 Å². The van der Waals surface area contributed by atoms with Crippen LogP contribution in [0, 0.1) is 0 Å². The van der Waals surface area contributed by atoms with Crippen LogP contribution in [0.2, 0.25) is 0 Å². The highest BCUT2D eigenvalue weighted by Gasteiger charge is 2.27. The summed E-state index contributed by atoms with van der Waals surface area (Å²) in [5, 5.41) is 9.68. The largest absolute Gasteiger partial charge is 0.391 e. The first-order valence-corrected chi connectivity index (χ1v) is 10.5. The third kappa shape index (κ3) is 4.60. The molecule has 2 fully saturated rings. The van der Waals surface area contributed by atoms with Gasteiger partial charge in [-0.2, -0.15) is 0 Å². The fourth-order valence-corrected chi connectivity index (χ4v) is 4.75. The first kappa shape index (κ1) is 19.2. The van der Waals surface area contributed by atoms with Crippen molar-refractivity contribution in [1.29, 1.82) is 0 Å². The molecule has 0 aromatic heterocycles. The fourth-order valence-electron chi connectivity index (χ4n) is 3.78. The van der Waals surface area contributed by atoms with E-state index in [0.29, 0.717) is 36.9 Å². The van der Waals surface area contributed by atoms with E-state index in [4.69, 9.17) is 0 Å². The number of carbonyl (C=O) groups is 2. The second-order valence-corrected chi connectivity index (χ2v) is 8.29. The Hall–Kier alpha value is -1.53. The van der Waals surface area contributed by atoms with Crippen molar-refractivity contribution in [3.63, 3.8) is 0 Å². The summed E-state index contributed by atoms with van der Waals surface area (Å²) in [7, 11) is 1.90. The Bertz CT molecular complexity index is 646. The maximum absolute atomic E-state index is 12.7. The van der Waals surface area contributed by atoms with Crippen LogP contribution >= 0.6 is 11.8 Å². The van der Waals surface area contributed by atoms with E-state index >= 15 is 0 Å². The molecule has 2 amide bonds. The number of thioether (sulfide) groups is 1. The van der Waals surface area contributed by atoms with Crippen LogP contribution in [0.1, 0.15) is 48.9 Å². The second-order valence-electron chi connectivity index (χ2n) is 7.27. The van der Waals surface area contributed by atoms with Gasteiger partial charge in [0.1, 0.15) is 0 Å². The minimum Gasteiger partial charge on any atom is -0.391 e. The van der Waals surface area contributed by atoms with Gasteiger partial charge in [0.2, 0.25) is 5.91 Å². The van der Waals surface area contributed by atoms with Crippen LogP contribution in [0.3, 0.4) is 0 Å². The molecule has 1 saturated heterocycles. The second kappa shape index (κ2) is 8.91. The molecule has 5 nitrogen and oxygen atoms in total. The van der Waals surface area contributed by atoms with Gasteiger partial charge in [-0.1, -0.05) is 31.4 Å². The molecule has 1 atom stereocenters. The maximum atomic E-state index is 12.7. The Morgan fingerprint density at radius 2 is 1.92 bits per heavy atom. The summed E-state index contributed by atoms with van der Waals surface area (Å²) in [4.78, 5) is 29.7. The Morgan fingerprint density at radius 1 is 1.19 bits per heavy atom. The molecule has 0 unspecified atom stereocenters. The third-order valence-electron chi connectivity index (χ3n) is 5.44. The van der Waals surface area contributed by atoms with E-state index in [1.165, 1.54) is 31.0 Å². The lowest BCUT2D eigenvalue weighted by Crippen LogP contribution is -2.39. The zero-order chi connectivity index (χ0) is 18.5. The molecular weight excluding hydrogens is 348 g/mol. The van der Waals surface area contributed by atoms with Crippen LogP contribution in [0.4, 0.5) is 0 Å². The van der Waals surface area contributed by atoms with Crippen LogP contribution in [-0.4, -0.2) is 64.8 Å². The topological polar surface area (TPSA) is 60.9 Å². The number of benzene rings is 1. The summed E-state index contributed by atoms with van der Waals surface area (Å²) in [5.74, 6) is 0.415. The zero-order valence-corrected chi connectivity index (χ0v) is 16.2. The number of carbonyl (C=O) groups excluding carboxylic acids is 2. The van der Waals surface area contributed by atoms with Gasteiger partial charge in [0.05, 0.1) is 17.4 Å². The Kier molecular flexibility index (Phi) is 6.59. The molecule has 1 N–H and O–H groups in total. The smallest absolute Gasteiger partial charge is 0.255 e. The van der Waals surface area contributed by atoms with Crippen LogP contribution in [-0.2, 0) is 4.79 Å².